The number of nitrogens with one attached hydrogen (secondary N) is 1. The van der Waals surface area contributed by atoms with Gasteiger partial charge in [0.05, 0.1) is 11.0 Å². The van der Waals surface area contributed by atoms with Crippen molar-refractivity contribution in [2.45, 2.75) is 12.3 Å². The molecule has 2 unspecified atom stereocenters. The number of piperidine rings is 1. The third-order valence-electron chi connectivity index (χ3n) is 4.22. The van der Waals surface area contributed by atoms with Crippen LogP contribution in [0.4, 0.5) is 19.1 Å². The van der Waals surface area contributed by atoms with Crippen LogP contribution in [0.15, 0.2) is 18.2 Å². The van der Waals surface area contributed by atoms with Gasteiger partial charge >= 0.3 is 0 Å². The minimum absolute atomic E-state index is 0.319. The summed E-state index contributed by atoms with van der Waals surface area (Å²) in [5.74, 6) is -3.29. The van der Waals surface area contributed by atoms with Crippen molar-refractivity contribution in [2.75, 3.05) is 18.0 Å². The maximum Gasteiger partial charge on any atom is 0.256 e. The standard InChI is InChI=1S/C13H12F3N3/c14-7-1-2-10-11(5-7)18-12(17-10)19-4-3-8-9(6-19)13(8,15)16/h1-2,5,8-9H,3-4,6H2,(H,17,18). The number of aromatic amines is 1. The van der Waals surface area contributed by atoms with Gasteiger partial charge in [-0.1, -0.05) is 0 Å². The van der Waals surface area contributed by atoms with Gasteiger partial charge < -0.3 is 9.88 Å². The van der Waals surface area contributed by atoms with E-state index < -0.39 is 17.8 Å². The molecule has 0 bridgehead atoms. The quantitative estimate of drug-likeness (QED) is 0.861. The van der Waals surface area contributed by atoms with Crippen LogP contribution in [0.25, 0.3) is 11.0 Å². The van der Waals surface area contributed by atoms with Crippen LogP contribution in [-0.2, 0) is 0 Å². The maximum absolute atomic E-state index is 13.3. The smallest absolute Gasteiger partial charge is 0.256 e. The second-order valence-corrected chi connectivity index (χ2v) is 5.34. The minimum Gasteiger partial charge on any atom is -0.342 e. The number of halogens is 3. The van der Waals surface area contributed by atoms with E-state index in [9.17, 15) is 13.2 Å². The first-order valence-corrected chi connectivity index (χ1v) is 6.34. The molecule has 1 aliphatic carbocycles. The zero-order valence-corrected chi connectivity index (χ0v) is 10.0. The molecular weight excluding hydrogens is 255 g/mol. The molecule has 0 amide bonds. The third-order valence-corrected chi connectivity index (χ3v) is 4.22. The fourth-order valence-corrected chi connectivity index (χ4v) is 3.04. The van der Waals surface area contributed by atoms with E-state index in [2.05, 4.69) is 9.97 Å². The Kier molecular flexibility index (Phi) is 2.01. The molecule has 1 aromatic carbocycles. The average Bonchev–Trinajstić information content (AvgIpc) is 2.75. The Hall–Kier alpha value is -1.72. The lowest BCUT2D eigenvalue weighted by Crippen LogP contribution is -2.32. The van der Waals surface area contributed by atoms with E-state index in [1.165, 1.54) is 12.1 Å². The van der Waals surface area contributed by atoms with Crippen molar-refractivity contribution in [1.82, 2.24) is 9.97 Å². The van der Waals surface area contributed by atoms with Crippen LogP contribution in [0.2, 0.25) is 0 Å². The number of aromatic nitrogens is 2. The van der Waals surface area contributed by atoms with Crippen LogP contribution >= 0.6 is 0 Å². The molecule has 3 nitrogen and oxygen atoms in total. The van der Waals surface area contributed by atoms with Crippen LogP contribution < -0.4 is 4.90 Å². The number of imidazole rings is 1. The molecule has 1 aromatic heterocycles. The Morgan fingerprint density at radius 2 is 2.16 bits per heavy atom. The van der Waals surface area contributed by atoms with Crippen molar-refractivity contribution in [1.29, 1.82) is 0 Å². The van der Waals surface area contributed by atoms with E-state index in [0.29, 0.717) is 36.5 Å². The average molecular weight is 267 g/mol. The summed E-state index contributed by atoms with van der Waals surface area (Å²) in [4.78, 5) is 9.17. The molecular formula is C13H12F3N3. The molecule has 0 spiro atoms. The molecule has 1 N–H and O–H groups in total. The Morgan fingerprint density at radius 3 is 2.95 bits per heavy atom. The van der Waals surface area contributed by atoms with Gasteiger partial charge in [-0.25, -0.2) is 18.2 Å². The molecule has 2 aliphatic rings. The Balaban J connectivity index is 1.64. The first-order valence-electron chi connectivity index (χ1n) is 6.34. The summed E-state index contributed by atoms with van der Waals surface area (Å²) >= 11 is 0. The van der Waals surface area contributed by atoms with Gasteiger partial charge in [-0.3, -0.25) is 0 Å². The van der Waals surface area contributed by atoms with Crippen molar-refractivity contribution in [3.05, 3.63) is 24.0 Å². The summed E-state index contributed by atoms with van der Waals surface area (Å²) in [5.41, 5.74) is 1.25. The second kappa shape index (κ2) is 3.43. The van der Waals surface area contributed by atoms with Crippen molar-refractivity contribution >= 4 is 17.0 Å². The zero-order chi connectivity index (χ0) is 13.2. The number of benzene rings is 1. The van der Waals surface area contributed by atoms with Crippen molar-refractivity contribution in [2.24, 2.45) is 11.8 Å². The van der Waals surface area contributed by atoms with Crippen molar-refractivity contribution in [3.8, 4) is 0 Å². The van der Waals surface area contributed by atoms with Gasteiger partial charge in [0.1, 0.15) is 5.82 Å². The normalized spacial score (nSPS) is 28.5. The zero-order valence-electron chi connectivity index (χ0n) is 10.0. The molecule has 4 rings (SSSR count). The van der Waals surface area contributed by atoms with Gasteiger partial charge in [0.25, 0.3) is 5.92 Å². The third kappa shape index (κ3) is 1.55. The lowest BCUT2D eigenvalue weighted by atomic mass is 10.1. The highest BCUT2D eigenvalue weighted by Crippen LogP contribution is 2.59. The number of rotatable bonds is 1. The highest BCUT2D eigenvalue weighted by atomic mass is 19.3. The number of hydrogen-bond donors (Lipinski definition) is 1. The molecule has 2 fully saturated rings. The maximum atomic E-state index is 13.3. The summed E-state index contributed by atoms with van der Waals surface area (Å²) in [5, 5.41) is 0. The highest BCUT2D eigenvalue weighted by Gasteiger charge is 2.69. The molecule has 100 valence electrons. The largest absolute Gasteiger partial charge is 0.342 e. The van der Waals surface area contributed by atoms with Crippen LogP contribution in [0.3, 0.4) is 0 Å². The molecule has 1 saturated carbocycles. The Morgan fingerprint density at radius 1 is 1.32 bits per heavy atom. The van der Waals surface area contributed by atoms with Gasteiger partial charge in [0, 0.05) is 24.9 Å². The second-order valence-electron chi connectivity index (χ2n) is 5.34. The number of fused-ring (bicyclic) bond motifs is 2. The van der Waals surface area contributed by atoms with E-state index in [1.54, 1.807) is 6.07 Å². The molecule has 0 radical (unpaired) electrons. The van der Waals surface area contributed by atoms with Crippen molar-refractivity contribution < 1.29 is 13.2 Å². The fraction of sp³-hybridized carbons (Fsp3) is 0.462. The minimum atomic E-state index is -2.51. The Labute approximate surface area is 107 Å². The van der Waals surface area contributed by atoms with Gasteiger partial charge in [0.2, 0.25) is 5.95 Å². The van der Waals surface area contributed by atoms with Crippen molar-refractivity contribution in [3.63, 3.8) is 0 Å². The van der Waals surface area contributed by atoms with Gasteiger partial charge in [-0.2, -0.15) is 0 Å². The molecule has 1 aliphatic heterocycles. The topological polar surface area (TPSA) is 31.9 Å². The van der Waals surface area contributed by atoms with E-state index in [1.807, 2.05) is 4.90 Å². The Bertz CT molecular complexity index is 652. The van der Waals surface area contributed by atoms with E-state index in [-0.39, 0.29) is 5.82 Å². The van der Waals surface area contributed by atoms with Gasteiger partial charge in [-0.15, -0.1) is 0 Å². The van der Waals surface area contributed by atoms with Crippen LogP contribution in [0.5, 0.6) is 0 Å². The number of H-pyrrole nitrogens is 1. The number of anilines is 1. The summed E-state index contributed by atoms with van der Waals surface area (Å²) in [6.07, 6.45) is 0.489. The first-order chi connectivity index (χ1) is 9.05. The van der Waals surface area contributed by atoms with E-state index in [4.69, 9.17) is 0 Å². The number of nitrogens with zero attached hydrogens (tertiary/aromatic N) is 2. The molecule has 1 saturated heterocycles. The van der Waals surface area contributed by atoms with Gasteiger partial charge in [-0.05, 0) is 24.6 Å². The molecule has 2 atom stereocenters. The first kappa shape index (κ1) is 11.1. The van der Waals surface area contributed by atoms with Crippen LogP contribution in [-0.4, -0.2) is 29.0 Å². The lowest BCUT2D eigenvalue weighted by Gasteiger charge is -2.24. The summed E-state index contributed by atoms with van der Waals surface area (Å²) in [7, 11) is 0. The lowest BCUT2D eigenvalue weighted by molar-refractivity contribution is 0.0870. The number of hydrogen-bond acceptors (Lipinski definition) is 2. The van der Waals surface area contributed by atoms with Gasteiger partial charge in [0.15, 0.2) is 0 Å². The van der Waals surface area contributed by atoms with E-state index >= 15 is 0 Å². The van der Waals surface area contributed by atoms with E-state index in [0.717, 1.165) is 0 Å². The predicted octanol–water partition coefficient (Wildman–Crippen LogP) is 2.79. The monoisotopic (exact) mass is 267 g/mol. The molecule has 19 heavy (non-hydrogen) atoms. The van der Waals surface area contributed by atoms with Crippen LogP contribution in [0.1, 0.15) is 6.42 Å². The molecule has 2 heterocycles. The SMILES string of the molecule is Fc1ccc2nc(N3CCC4C(C3)C4(F)F)[nH]c2c1. The number of alkyl halides is 2. The fourth-order valence-electron chi connectivity index (χ4n) is 3.04. The summed E-state index contributed by atoms with van der Waals surface area (Å²) < 4.78 is 39.8. The van der Waals surface area contributed by atoms with Crippen LogP contribution in [0, 0.1) is 17.7 Å². The highest BCUT2D eigenvalue weighted by molar-refractivity contribution is 5.77. The summed E-state index contributed by atoms with van der Waals surface area (Å²) in [6.45, 7) is 0.888. The predicted molar refractivity (Wildman–Crippen MR) is 64.8 cm³/mol. The molecule has 6 heteroatoms. The molecule has 2 aromatic rings. The summed E-state index contributed by atoms with van der Waals surface area (Å²) in [6, 6.07) is 4.29.